The van der Waals surface area contributed by atoms with E-state index in [-0.39, 0.29) is 0 Å². The van der Waals surface area contributed by atoms with Gasteiger partial charge in [-0.3, -0.25) is 0 Å². The monoisotopic (exact) mass is 215 g/mol. The van der Waals surface area contributed by atoms with E-state index in [0.29, 0.717) is 6.61 Å². The molecule has 0 spiro atoms. The van der Waals surface area contributed by atoms with Crippen molar-refractivity contribution in [2.45, 2.75) is 52.9 Å². The molecule has 0 amide bonds. The molecule has 0 aromatic rings. The van der Waals surface area contributed by atoms with Crippen molar-refractivity contribution < 1.29 is 5.11 Å². The summed E-state index contributed by atoms with van der Waals surface area (Å²) in [6, 6.07) is 0. The number of hydrogen-bond donors (Lipinski definition) is 1. The van der Waals surface area contributed by atoms with Gasteiger partial charge in [-0.25, -0.2) is 0 Å². The topological polar surface area (TPSA) is 23.5 Å². The molecule has 0 heterocycles. The number of aliphatic hydroxyl groups excluding tert-OH is 1. The fourth-order valence-corrected chi connectivity index (χ4v) is 2.09. The molecule has 0 aromatic carbocycles. The Morgan fingerprint density at radius 3 is 2.27 bits per heavy atom. The highest BCUT2D eigenvalue weighted by Crippen LogP contribution is 2.12. The van der Waals surface area contributed by atoms with Gasteiger partial charge in [0.15, 0.2) is 0 Å². The Balaban J connectivity index is 3.51. The Morgan fingerprint density at radius 1 is 1.00 bits per heavy atom. The van der Waals surface area contributed by atoms with Gasteiger partial charge in [0, 0.05) is 6.54 Å². The average Bonchev–Trinajstić information content (AvgIpc) is 2.19. The summed E-state index contributed by atoms with van der Waals surface area (Å²) in [7, 11) is 0. The van der Waals surface area contributed by atoms with Crippen LogP contribution in [0.2, 0.25) is 0 Å². The molecule has 92 valence electrons. The molecule has 0 saturated carbocycles. The molecule has 0 rings (SSSR count). The van der Waals surface area contributed by atoms with Crippen molar-refractivity contribution in [3.05, 3.63) is 0 Å². The molecule has 0 unspecified atom stereocenters. The van der Waals surface area contributed by atoms with E-state index in [2.05, 4.69) is 25.7 Å². The first-order valence-electron chi connectivity index (χ1n) is 6.57. The van der Waals surface area contributed by atoms with Gasteiger partial charge in [-0.15, -0.1) is 0 Å². The molecule has 0 radical (unpaired) electrons. The summed E-state index contributed by atoms with van der Waals surface area (Å²) >= 11 is 0. The zero-order chi connectivity index (χ0) is 11.5. The Bertz CT molecular complexity index is 122. The molecule has 0 aliphatic rings. The van der Waals surface area contributed by atoms with E-state index in [9.17, 15) is 0 Å². The van der Waals surface area contributed by atoms with Gasteiger partial charge in [0.25, 0.3) is 0 Å². The fraction of sp³-hybridized carbons (Fsp3) is 1.00. The molecule has 0 saturated heterocycles. The molecule has 2 heteroatoms. The van der Waals surface area contributed by atoms with Crippen LogP contribution in [0.4, 0.5) is 0 Å². The minimum absolute atomic E-state index is 0.296. The lowest BCUT2D eigenvalue weighted by molar-refractivity contribution is 0.191. The van der Waals surface area contributed by atoms with E-state index in [4.69, 9.17) is 5.11 Å². The second-order valence-electron chi connectivity index (χ2n) is 4.60. The van der Waals surface area contributed by atoms with E-state index in [0.717, 1.165) is 25.6 Å². The van der Waals surface area contributed by atoms with E-state index in [1.54, 1.807) is 0 Å². The quantitative estimate of drug-likeness (QED) is 0.606. The van der Waals surface area contributed by atoms with Crippen molar-refractivity contribution in [3.63, 3.8) is 0 Å². The van der Waals surface area contributed by atoms with E-state index >= 15 is 0 Å². The van der Waals surface area contributed by atoms with Crippen molar-refractivity contribution in [2.24, 2.45) is 5.92 Å². The van der Waals surface area contributed by atoms with Crippen molar-refractivity contribution in [3.8, 4) is 0 Å². The van der Waals surface area contributed by atoms with Crippen LogP contribution in [0.25, 0.3) is 0 Å². The molecule has 15 heavy (non-hydrogen) atoms. The summed E-state index contributed by atoms with van der Waals surface area (Å²) in [6.07, 6.45) is 6.45. The Morgan fingerprint density at radius 2 is 1.73 bits per heavy atom. The molecule has 0 bridgehead atoms. The number of hydrogen-bond acceptors (Lipinski definition) is 2. The molecular weight excluding hydrogens is 186 g/mol. The average molecular weight is 215 g/mol. The van der Waals surface area contributed by atoms with Crippen LogP contribution < -0.4 is 0 Å². The molecule has 2 nitrogen and oxygen atoms in total. The lowest BCUT2D eigenvalue weighted by atomic mass is 10.0. The predicted octanol–water partition coefficient (Wildman–Crippen LogP) is 2.91. The fourth-order valence-electron chi connectivity index (χ4n) is 2.09. The van der Waals surface area contributed by atoms with Gasteiger partial charge in [0.1, 0.15) is 0 Å². The summed E-state index contributed by atoms with van der Waals surface area (Å²) in [5.41, 5.74) is 0. The van der Waals surface area contributed by atoms with Crippen LogP contribution in [0.5, 0.6) is 0 Å². The number of aliphatic hydroxyl groups is 1. The lowest BCUT2D eigenvalue weighted by Crippen LogP contribution is -2.29. The highest BCUT2D eigenvalue weighted by Gasteiger charge is 2.04. The van der Waals surface area contributed by atoms with E-state index in [1.807, 2.05) is 0 Å². The molecule has 0 fully saturated rings. The molecule has 0 aliphatic heterocycles. The molecule has 1 atom stereocenters. The summed E-state index contributed by atoms with van der Waals surface area (Å²) in [4.78, 5) is 2.37. The molecule has 0 aromatic heterocycles. The zero-order valence-corrected chi connectivity index (χ0v) is 10.8. The minimum atomic E-state index is 0.296. The van der Waals surface area contributed by atoms with Crippen molar-refractivity contribution in [2.75, 3.05) is 26.2 Å². The smallest absolute Gasteiger partial charge is 0.0558 e. The lowest BCUT2D eigenvalue weighted by Gasteiger charge is -2.21. The Kier molecular flexibility index (Phi) is 10.4. The SMILES string of the molecule is CCC[C@@H](C)CCCN(CCC)CCO. The highest BCUT2D eigenvalue weighted by molar-refractivity contribution is 4.59. The van der Waals surface area contributed by atoms with Gasteiger partial charge in [-0.2, -0.15) is 0 Å². The van der Waals surface area contributed by atoms with Crippen LogP contribution in [0.15, 0.2) is 0 Å². The normalized spacial score (nSPS) is 13.4. The standard InChI is InChI=1S/C13H29NO/c1-4-7-13(3)8-6-10-14(9-5-2)11-12-15/h13,15H,4-12H2,1-3H3/t13-/m1/s1. The van der Waals surface area contributed by atoms with E-state index in [1.165, 1.54) is 32.1 Å². The van der Waals surface area contributed by atoms with Gasteiger partial charge in [0.2, 0.25) is 0 Å². The number of rotatable bonds is 10. The number of nitrogens with zero attached hydrogens (tertiary/aromatic N) is 1. The van der Waals surface area contributed by atoms with Gasteiger partial charge in [0.05, 0.1) is 6.61 Å². The second kappa shape index (κ2) is 10.4. The van der Waals surface area contributed by atoms with Gasteiger partial charge < -0.3 is 10.0 Å². The van der Waals surface area contributed by atoms with Gasteiger partial charge >= 0.3 is 0 Å². The van der Waals surface area contributed by atoms with Crippen molar-refractivity contribution in [1.29, 1.82) is 0 Å². The third-order valence-electron chi connectivity index (χ3n) is 2.91. The van der Waals surface area contributed by atoms with Gasteiger partial charge in [-0.1, -0.05) is 33.6 Å². The first-order chi connectivity index (χ1) is 7.24. The first-order valence-corrected chi connectivity index (χ1v) is 6.57. The molecular formula is C13H29NO. The highest BCUT2D eigenvalue weighted by atomic mass is 16.3. The molecule has 1 N–H and O–H groups in total. The van der Waals surface area contributed by atoms with Crippen LogP contribution in [0.3, 0.4) is 0 Å². The predicted molar refractivity (Wildman–Crippen MR) is 67.1 cm³/mol. The van der Waals surface area contributed by atoms with Crippen LogP contribution in [0, 0.1) is 5.92 Å². The summed E-state index contributed by atoms with van der Waals surface area (Å²) in [5, 5.41) is 8.91. The van der Waals surface area contributed by atoms with Crippen molar-refractivity contribution in [1.82, 2.24) is 4.90 Å². The maximum Gasteiger partial charge on any atom is 0.0558 e. The summed E-state index contributed by atoms with van der Waals surface area (Å²) in [6.45, 7) is 10.2. The summed E-state index contributed by atoms with van der Waals surface area (Å²) in [5.74, 6) is 0.868. The van der Waals surface area contributed by atoms with Crippen LogP contribution in [0.1, 0.15) is 52.9 Å². The third-order valence-corrected chi connectivity index (χ3v) is 2.91. The maximum atomic E-state index is 8.91. The largest absolute Gasteiger partial charge is 0.395 e. The Labute approximate surface area is 95.7 Å². The van der Waals surface area contributed by atoms with Gasteiger partial charge in [-0.05, 0) is 38.3 Å². The van der Waals surface area contributed by atoms with Crippen LogP contribution in [-0.4, -0.2) is 36.2 Å². The third kappa shape index (κ3) is 8.88. The maximum absolute atomic E-state index is 8.91. The van der Waals surface area contributed by atoms with Crippen LogP contribution >= 0.6 is 0 Å². The zero-order valence-electron chi connectivity index (χ0n) is 10.8. The first kappa shape index (κ1) is 14.9. The minimum Gasteiger partial charge on any atom is -0.395 e. The van der Waals surface area contributed by atoms with Crippen LogP contribution in [-0.2, 0) is 0 Å². The van der Waals surface area contributed by atoms with E-state index < -0.39 is 0 Å². The van der Waals surface area contributed by atoms with Crippen molar-refractivity contribution >= 4 is 0 Å². The molecule has 0 aliphatic carbocycles. The second-order valence-corrected chi connectivity index (χ2v) is 4.60. The Hall–Kier alpha value is -0.0800. The summed E-state index contributed by atoms with van der Waals surface area (Å²) < 4.78 is 0.